The van der Waals surface area contributed by atoms with E-state index in [2.05, 4.69) is 73.3 Å². The van der Waals surface area contributed by atoms with Crippen molar-refractivity contribution in [2.45, 2.75) is 12.8 Å². The molecule has 1 aliphatic heterocycles. The second-order valence-corrected chi connectivity index (χ2v) is 9.40. The molecule has 0 aliphatic carbocycles. The Hall–Kier alpha value is -1.94. The summed E-state index contributed by atoms with van der Waals surface area (Å²) in [7, 11) is -0.814. The quantitative estimate of drug-likeness (QED) is 0.781. The van der Waals surface area contributed by atoms with Crippen LogP contribution in [0.5, 0.6) is 0 Å². The van der Waals surface area contributed by atoms with E-state index < -0.39 is 8.32 Å². The third kappa shape index (κ3) is 3.15. The fourth-order valence-corrected chi connectivity index (χ4v) is 7.63. The van der Waals surface area contributed by atoms with Gasteiger partial charge in [0.25, 0.3) is 8.32 Å². The molecule has 0 amide bonds. The maximum atomic E-state index is 6.70. The summed E-state index contributed by atoms with van der Waals surface area (Å²) in [5.41, 5.74) is 1.03. The fourth-order valence-electron chi connectivity index (χ4n) is 3.41. The van der Waals surface area contributed by atoms with Gasteiger partial charge in [-0.25, -0.2) is 0 Å². The summed E-state index contributed by atoms with van der Waals surface area (Å²) >= 11 is 0. The lowest BCUT2D eigenvalue weighted by Crippen LogP contribution is -2.63. The zero-order chi connectivity index (χ0) is 16.8. The topological polar surface area (TPSA) is 18.5 Å². The Balaban J connectivity index is 2.23. The first-order valence-corrected chi connectivity index (χ1v) is 10.3. The Labute approximate surface area is 145 Å². The first-order valence-electron chi connectivity index (χ1n) is 8.42. The van der Waals surface area contributed by atoms with Gasteiger partial charge in [-0.2, -0.15) is 0 Å². The molecule has 24 heavy (non-hydrogen) atoms. The highest BCUT2D eigenvalue weighted by molar-refractivity contribution is 7.03. The minimum Gasteiger partial charge on any atom is -0.404 e. The average molecular weight is 337 g/mol. The van der Waals surface area contributed by atoms with Crippen molar-refractivity contribution in [2.24, 2.45) is 0 Å². The molecule has 0 saturated carbocycles. The molecule has 0 N–H and O–H groups in total. The van der Waals surface area contributed by atoms with E-state index in [1.807, 2.05) is 0 Å². The Morgan fingerprint density at radius 3 is 2.17 bits per heavy atom. The van der Waals surface area contributed by atoms with Gasteiger partial charge < -0.3 is 9.16 Å². The molecule has 1 aliphatic rings. The van der Waals surface area contributed by atoms with Crippen LogP contribution in [0.2, 0.25) is 0 Å². The highest BCUT2D eigenvalue weighted by atomic mass is 28.4. The van der Waals surface area contributed by atoms with E-state index in [1.54, 1.807) is 7.11 Å². The highest BCUT2D eigenvalue weighted by Crippen LogP contribution is 2.27. The van der Waals surface area contributed by atoms with Gasteiger partial charge in [0.05, 0.1) is 6.61 Å². The highest BCUT2D eigenvalue weighted by Gasteiger charge is 2.45. The van der Waals surface area contributed by atoms with Crippen LogP contribution in [0.15, 0.2) is 84.1 Å². The van der Waals surface area contributed by atoms with Crippen LogP contribution in [-0.4, -0.2) is 28.6 Å². The molecular weight excluding hydrogens is 312 g/mol. The van der Waals surface area contributed by atoms with Crippen molar-refractivity contribution in [1.29, 1.82) is 0 Å². The van der Waals surface area contributed by atoms with Gasteiger partial charge in [-0.1, -0.05) is 73.3 Å². The monoisotopic (exact) mass is 336 g/mol. The first kappa shape index (κ1) is 16.9. The maximum absolute atomic E-state index is 6.70. The summed E-state index contributed by atoms with van der Waals surface area (Å²) in [4.78, 5) is 0. The fraction of sp³-hybridized carbons (Fsp3) is 0.238. The smallest absolute Gasteiger partial charge is 0.288 e. The van der Waals surface area contributed by atoms with Crippen LogP contribution in [0.1, 0.15) is 12.8 Å². The summed E-state index contributed by atoms with van der Waals surface area (Å²) in [6, 6.07) is 21.3. The van der Waals surface area contributed by atoms with E-state index in [-0.39, 0.29) is 0 Å². The maximum Gasteiger partial charge on any atom is 0.288 e. The van der Waals surface area contributed by atoms with Gasteiger partial charge in [-0.3, -0.25) is 0 Å². The van der Waals surface area contributed by atoms with Crippen LogP contribution in [0, 0.1) is 0 Å². The third-order valence-electron chi connectivity index (χ3n) is 4.45. The van der Waals surface area contributed by atoms with Gasteiger partial charge in [-0.05, 0) is 34.0 Å². The predicted molar refractivity (Wildman–Crippen MR) is 102 cm³/mol. The molecule has 2 nitrogen and oxygen atoms in total. The van der Waals surface area contributed by atoms with Crippen LogP contribution in [0.25, 0.3) is 0 Å². The van der Waals surface area contributed by atoms with Gasteiger partial charge in [0, 0.05) is 13.7 Å². The zero-order valence-electron chi connectivity index (χ0n) is 14.2. The number of allylic oxidation sites excluding steroid dienone is 1. The molecular formula is C21H24O2Si. The van der Waals surface area contributed by atoms with Crippen molar-refractivity contribution in [3.63, 3.8) is 0 Å². The molecule has 0 unspecified atom stereocenters. The van der Waals surface area contributed by atoms with E-state index in [9.17, 15) is 0 Å². The Kier molecular flexibility index (Phi) is 5.46. The normalized spacial score (nSPS) is 17.0. The summed E-state index contributed by atoms with van der Waals surface area (Å²) in [5.74, 6) is 0. The van der Waals surface area contributed by atoms with Gasteiger partial charge in [0.1, 0.15) is 0 Å². The van der Waals surface area contributed by atoms with Crippen molar-refractivity contribution < 1.29 is 9.16 Å². The predicted octanol–water partition coefficient (Wildman–Crippen LogP) is 3.22. The standard InChI is InChI=1S/C21H24O2Si/c1-18(17-22-2)21-15-9-10-16-23-24(21,19-11-5-3-6-12-19)20-13-7-4-8-14-20/h3-8,11-15H,1,9-10,16-17H2,2H3. The van der Waals surface area contributed by atoms with Gasteiger partial charge in [0.15, 0.2) is 0 Å². The van der Waals surface area contributed by atoms with E-state index >= 15 is 0 Å². The van der Waals surface area contributed by atoms with E-state index in [4.69, 9.17) is 9.16 Å². The van der Waals surface area contributed by atoms with E-state index in [0.717, 1.165) is 25.0 Å². The molecule has 3 heteroatoms. The minimum atomic E-state index is -2.53. The minimum absolute atomic E-state index is 0.531. The van der Waals surface area contributed by atoms with Crippen molar-refractivity contribution in [1.82, 2.24) is 0 Å². The lowest BCUT2D eigenvalue weighted by molar-refractivity contribution is 0.227. The molecule has 2 aromatic rings. The van der Waals surface area contributed by atoms with Crippen LogP contribution < -0.4 is 10.4 Å². The van der Waals surface area contributed by atoms with Crippen molar-refractivity contribution >= 4 is 18.7 Å². The van der Waals surface area contributed by atoms with Crippen molar-refractivity contribution in [3.8, 4) is 0 Å². The number of ether oxygens (including phenoxy) is 1. The second kappa shape index (κ2) is 7.75. The van der Waals surface area contributed by atoms with Crippen LogP contribution >= 0.6 is 0 Å². The molecule has 1 heterocycles. The van der Waals surface area contributed by atoms with E-state index in [0.29, 0.717) is 6.61 Å². The van der Waals surface area contributed by atoms with Crippen LogP contribution in [0.3, 0.4) is 0 Å². The SMILES string of the molecule is C=C(COC)C1=CCCCO[Si]1(c1ccccc1)c1ccccc1. The molecule has 2 aromatic carbocycles. The average Bonchev–Trinajstić information content (AvgIpc) is 2.87. The van der Waals surface area contributed by atoms with Crippen LogP contribution in [0.4, 0.5) is 0 Å². The largest absolute Gasteiger partial charge is 0.404 e. The number of methoxy groups -OCH3 is 1. The molecule has 0 bridgehead atoms. The number of rotatable bonds is 5. The second-order valence-electron chi connectivity index (χ2n) is 6.06. The molecule has 124 valence electrons. The van der Waals surface area contributed by atoms with E-state index in [1.165, 1.54) is 15.6 Å². The lowest BCUT2D eigenvalue weighted by atomic mass is 10.2. The number of hydrogen-bond donors (Lipinski definition) is 0. The van der Waals surface area contributed by atoms with Gasteiger partial charge in [-0.15, -0.1) is 0 Å². The molecule has 0 spiro atoms. The Morgan fingerprint density at radius 2 is 1.62 bits per heavy atom. The number of hydrogen-bond acceptors (Lipinski definition) is 2. The molecule has 0 atom stereocenters. The van der Waals surface area contributed by atoms with Gasteiger partial charge >= 0.3 is 0 Å². The third-order valence-corrected chi connectivity index (χ3v) is 8.70. The Bertz CT molecular complexity index is 668. The van der Waals surface area contributed by atoms with Crippen LogP contribution in [-0.2, 0) is 9.16 Å². The lowest BCUT2D eigenvalue weighted by Gasteiger charge is -2.34. The van der Waals surface area contributed by atoms with Crippen molar-refractivity contribution in [3.05, 3.63) is 84.1 Å². The van der Waals surface area contributed by atoms with Crippen molar-refractivity contribution in [2.75, 3.05) is 20.3 Å². The first-order chi connectivity index (χ1) is 11.8. The summed E-state index contributed by atoms with van der Waals surface area (Å²) in [5, 5.41) is 3.78. The molecule has 0 saturated heterocycles. The number of benzene rings is 2. The summed E-state index contributed by atoms with van der Waals surface area (Å²) < 4.78 is 12.1. The molecule has 0 aromatic heterocycles. The molecule has 3 rings (SSSR count). The summed E-state index contributed by atoms with van der Waals surface area (Å²) in [6.45, 7) is 5.62. The Morgan fingerprint density at radius 1 is 1.04 bits per heavy atom. The molecule has 0 radical (unpaired) electrons. The summed E-state index contributed by atoms with van der Waals surface area (Å²) in [6.07, 6.45) is 4.39. The molecule has 0 fully saturated rings. The zero-order valence-corrected chi connectivity index (χ0v) is 15.2. The van der Waals surface area contributed by atoms with Gasteiger partial charge in [0.2, 0.25) is 0 Å².